The molecule has 0 aliphatic heterocycles. The highest BCUT2D eigenvalue weighted by Crippen LogP contribution is 2.24. The van der Waals surface area contributed by atoms with Crippen molar-refractivity contribution in [3.63, 3.8) is 0 Å². The Hall–Kier alpha value is -3.01. The van der Waals surface area contributed by atoms with Crippen molar-refractivity contribution in [3.05, 3.63) is 81.5 Å². The van der Waals surface area contributed by atoms with Crippen molar-refractivity contribution in [1.29, 1.82) is 0 Å². The van der Waals surface area contributed by atoms with Crippen LogP contribution in [-0.4, -0.2) is 9.91 Å². The molecular formula is C18H14N2O2. The van der Waals surface area contributed by atoms with Gasteiger partial charge in [-0.05, 0) is 36.8 Å². The third-order valence-electron chi connectivity index (χ3n) is 3.42. The van der Waals surface area contributed by atoms with E-state index >= 15 is 0 Å². The number of nitrogens with zero attached hydrogens (tertiary/aromatic N) is 2. The summed E-state index contributed by atoms with van der Waals surface area (Å²) in [6, 6.07) is 16.6. The molecule has 4 nitrogen and oxygen atoms in total. The van der Waals surface area contributed by atoms with E-state index in [0.717, 1.165) is 11.3 Å². The number of pyridine rings is 1. The summed E-state index contributed by atoms with van der Waals surface area (Å²) in [4.78, 5) is 15.1. The van der Waals surface area contributed by atoms with Gasteiger partial charge in [0.05, 0.1) is 21.5 Å². The molecular weight excluding hydrogens is 276 g/mol. The lowest BCUT2D eigenvalue weighted by molar-refractivity contribution is -0.383. The Morgan fingerprint density at radius 2 is 1.86 bits per heavy atom. The van der Waals surface area contributed by atoms with Gasteiger partial charge < -0.3 is 0 Å². The van der Waals surface area contributed by atoms with Crippen molar-refractivity contribution in [2.45, 2.75) is 6.92 Å². The SMILES string of the molecule is Cc1cccc(C=Cc2ccc3c([N+](=O)[O-])cccc3n2)c1. The van der Waals surface area contributed by atoms with Gasteiger partial charge >= 0.3 is 0 Å². The fourth-order valence-corrected chi connectivity index (χ4v) is 2.36. The summed E-state index contributed by atoms with van der Waals surface area (Å²) in [5.41, 5.74) is 3.78. The van der Waals surface area contributed by atoms with E-state index in [-0.39, 0.29) is 10.6 Å². The number of rotatable bonds is 3. The molecule has 0 radical (unpaired) electrons. The molecule has 0 saturated heterocycles. The second-order valence-electron chi connectivity index (χ2n) is 5.08. The fourth-order valence-electron chi connectivity index (χ4n) is 2.36. The molecule has 0 spiro atoms. The number of non-ortho nitro benzene ring substituents is 1. The van der Waals surface area contributed by atoms with Crippen LogP contribution in [-0.2, 0) is 0 Å². The van der Waals surface area contributed by atoms with Crippen molar-refractivity contribution in [1.82, 2.24) is 4.98 Å². The molecule has 1 heterocycles. The molecule has 4 heteroatoms. The molecule has 2 aromatic carbocycles. The van der Waals surface area contributed by atoms with E-state index < -0.39 is 0 Å². The van der Waals surface area contributed by atoms with Gasteiger partial charge in [0.2, 0.25) is 0 Å². The number of hydrogen-bond donors (Lipinski definition) is 0. The van der Waals surface area contributed by atoms with Gasteiger partial charge in [-0.2, -0.15) is 0 Å². The van der Waals surface area contributed by atoms with E-state index in [1.165, 1.54) is 11.6 Å². The molecule has 108 valence electrons. The molecule has 0 bridgehead atoms. The highest BCUT2D eigenvalue weighted by Gasteiger charge is 2.11. The molecule has 3 aromatic rings. The topological polar surface area (TPSA) is 56.0 Å². The summed E-state index contributed by atoms with van der Waals surface area (Å²) in [5, 5.41) is 11.6. The van der Waals surface area contributed by atoms with Gasteiger partial charge in [0, 0.05) is 6.07 Å². The second kappa shape index (κ2) is 5.77. The number of aromatic nitrogens is 1. The van der Waals surface area contributed by atoms with Crippen LogP contribution in [0.15, 0.2) is 54.6 Å². The quantitative estimate of drug-likeness (QED) is 0.522. The molecule has 0 atom stereocenters. The minimum absolute atomic E-state index is 0.0826. The van der Waals surface area contributed by atoms with Crippen LogP contribution in [0, 0.1) is 17.0 Å². The summed E-state index contributed by atoms with van der Waals surface area (Å²) in [5.74, 6) is 0. The Bertz CT molecular complexity index is 885. The molecule has 0 aliphatic carbocycles. The average Bonchev–Trinajstić information content (AvgIpc) is 2.52. The zero-order chi connectivity index (χ0) is 15.5. The van der Waals surface area contributed by atoms with E-state index in [1.54, 1.807) is 24.3 Å². The van der Waals surface area contributed by atoms with Crippen LogP contribution in [0.1, 0.15) is 16.8 Å². The lowest BCUT2D eigenvalue weighted by atomic mass is 10.1. The van der Waals surface area contributed by atoms with Crippen LogP contribution in [0.25, 0.3) is 23.1 Å². The van der Waals surface area contributed by atoms with E-state index in [2.05, 4.69) is 11.1 Å². The summed E-state index contributed by atoms with van der Waals surface area (Å²) < 4.78 is 0. The minimum atomic E-state index is -0.383. The Kier molecular flexibility index (Phi) is 3.66. The van der Waals surface area contributed by atoms with Crippen molar-refractivity contribution in [2.24, 2.45) is 0 Å². The van der Waals surface area contributed by atoms with Gasteiger partial charge in [0.15, 0.2) is 0 Å². The number of hydrogen-bond acceptors (Lipinski definition) is 3. The highest BCUT2D eigenvalue weighted by molar-refractivity contribution is 5.88. The maximum Gasteiger partial charge on any atom is 0.278 e. The van der Waals surface area contributed by atoms with Crippen LogP contribution in [0.4, 0.5) is 5.69 Å². The summed E-state index contributed by atoms with van der Waals surface area (Å²) in [6.45, 7) is 2.05. The van der Waals surface area contributed by atoms with Crippen molar-refractivity contribution in [3.8, 4) is 0 Å². The van der Waals surface area contributed by atoms with Crippen molar-refractivity contribution in [2.75, 3.05) is 0 Å². The molecule has 1 aromatic heterocycles. The van der Waals surface area contributed by atoms with Crippen LogP contribution < -0.4 is 0 Å². The van der Waals surface area contributed by atoms with Gasteiger partial charge in [-0.15, -0.1) is 0 Å². The minimum Gasteiger partial charge on any atom is -0.258 e. The zero-order valence-electron chi connectivity index (χ0n) is 12.1. The molecule has 0 fully saturated rings. The zero-order valence-corrected chi connectivity index (χ0v) is 12.1. The van der Waals surface area contributed by atoms with Gasteiger partial charge in [-0.25, -0.2) is 4.98 Å². The third kappa shape index (κ3) is 2.86. The number of fused-ring (bicyclic) bond motifs is 1. The van der Waals surface area contributed by atoms with Crippen LogP contribution in [0.5, 0.6) is 0 Å². The number of nitro groups is 1. The Morgan fingerprint density at radius 1 is 1.05 bits per heavy atom. The first kappa shape index (κ1) is 13.9. The first-order valence-electron chi connectivity index (χ1n) is 6.92. The van der Waals surface area contributed by atoms with Crippen molar-refractivity contribution < 1.29 is 4.92 Å². The van der Waals surface area contributed by atoms with Gasteiger partial charge in [0.1, 0.15) is 0 Å². The van der Waals surface area contributed by atoms with E-state index in [9.17, 15) is 10.1 Å². The largest absolute Gasteiger partial charge is 0.278 e. The first-order valence-corrected chi connectivity index (χ1v) is 6.92. The van der Waals surface area contributed by atoms with E-state index in [0.29, 0.717) is 10.9 Å². The number of nitro benzene ring substituents is 1. The van der Waals surface area contributed by atoms with Crippen molar-refractivity contribution >= 4 is 28.7 Å². The molecule has 22 heavy (non-hydrogen) atoms. The average molecular weight is 290 g/mol. The molecule has 0 amide bonds. The maximum absolute atomic E-state index is 11.0. The van der Waals surface area contributed by atoms with Crippen LogP contribution in [0.2, 0.25) is 0 Å². The van der Waals surface area contributed by atoms with Gasteiger partial charge in [-0.3, -0.25) is 10.1 Å². The number of benzene rings is 2. The lowest BCUT2D eigenvalue weighted by Crippen LogP contribution is -1.91. The third-order valence-corrected chi connectivity index (χ3v) is 3.42. The Labute approximate surface area is 127 Å². The summed E-state index contributed by atoms with van der Waals surface area (Å²) >= 11 is 0. The monoisotopic (exact) mass is 290 g/mol. The smallest absolute Gasteiger partial charge is 0.258 e. The Balaban J connectivity index is 1.97. The second-order valence-corrected chi connectivity index (χ2v) is 5.08. The summed E-state index contributed by atoms with van der Waals surface area (Å²) in [6.07, 6.45) is 3.89. The first-order chi connectivity index (χ1) is 10.6. The molecule has 3 rings (SSSR count). The van der Waals surface area contributed by atoms with E-state index in [4.69, 9.17) is 0 Å². The van der Waals surface area contributed by atoms with Crippen LogP contribution >= 0.6 is 0 Å². The molecule has 0 N–H and O–H groups in total. The normalized spacial score (nSPS) is 11.1. The number of aryl methyl sites for hydroxylation is 1. The lowest BCUT2D eigenvalue weighted by Gasteiger charge is -2.00. The fraction of sp³-hybridized carbons (Fsp3) is 0.0556. The van der Waals surface area contributed by atoms with Gasteiger partial charge in [0.25, 0.3) is 5.69 Å². The molecule has 0 unspecified atom stereocenters. The van der Waals surface area contributed by atoms with E-state index in [1.807, 2.05) is 37.3 Å². The predicted molar refractivity (Wildman–Crippen MR) is 88.5 cm³/mol. The highest BCUT2D eigenvalue weighted by atomic mass is 16.6. The van der Waals surface area contributed by atoms with Gasteiger partial charge in [-0.1, -0.05) is 42.0 Å². The predicted octanol–water partition coefficient (Wildman–Crippen LogP) is 4.62. The summed E-state index contributed by atoms with van der Waals surface area (Å²) in [7, 11) is 0. The molecule has 0 aliphatic rings. The molecule has 0 saturated carbocycles. The standard InChI is InChI=1S/C18H14N2O2/c1-13-4-2-5-14(12-13)8-9-15-10-11-16-17(19-15)6-3-7-18(16)20(21)22/h2-12H,1H3. The Morgan fingerprint density at radius 3 is 2.64 bits per heavy atom. The maximum atomic E-state index is 11.0. The van der Waals surface area contributed by atoms with Crippen LogP contribution in [0.3, 0.4) is 0 Å².